The molecule has 20 heavy (non-hydrogen) atoms. The molecular weight excluding hydrogens is 276 g/mol. The summed E-state index contributed by atoms with van der Waals surface area (Å²) >= 11 is 0. The normalized spacial score (nSPS) is 13.7. The Labute approximate surface area is 122 Å². The van der Waals surface area contributed by atoms with E-state index < -0.39 is 10.0 Å². The molecule has 0 aromatic carbocycles. The highest BCUT2D eigenvalue weighted by Gasteiger charge is 2.28. The minimum Gasteiger partial charge on any atom is -0.465 e. The van der Waals surface area contributed by atoms with Crippen molar-refractivity contribution in [3.63, 3.8) is 0 Å². The lowest BCUT2D eigenvalue weighted by atomic mass is 10.1. The SMILES string of the molecule is CCCC(CC)NS(=O)(=O)c1c(C)oc(C)c1CNC. The Morgan fingerprint density at radius 3 is 2.35 bits per heavy atom. The fourth-order valence-electron chi connectivity index (χ4n) is 2.42. The molecule has 5 nitrogen and oxygen atoms in total. The van der Waals surface area contributed by atoms with Crippen LogP contribution in [0.15, 0.2) is 9.31 Å². The summed E-state index contributed by atoms with van der Waals surface area (Å²) in [5.74, 6) is 1.10. The number of aryl methyl sites for hydroxylation is 2. The molecule has 1 atom stereocenters. The molecule has 0 bridgehead atoms. The van der Waals surface area contributed by atoms with Gasteiger partial charge in [0, 0.05) is 18.2 Å². The van der Waals surface area contributed by atoms with Crippen molar-refractivity contribution < 1.29 is 12.8 Å². The maximum Gasteiger partial charge on any atom is 0.244 e. The number of rotatable bonds is 8. The summed E-state index contributed by atoms with van der Waals surface area (Å²) in [6.07, 6.45) is 2.57. The monoisotopic (exact) mass is 302 g/mol. The topological polar surface area (TPSA) is 71.3 Å². The van der Waals surface area contributed by atoms with Gasteiger partial charge in [-0.2, -0.15) is 0 Å². The molecule has 0 saturated heterocycles. The average Bonchev–Trinajstić information content (AvgIpc) is 2.64. The minimum atomic E-state index is -3.54. The Kier molecular flexibility index (Phi) is 6.23. The number of furan rings is 1. The third kappa shape index (κ3) is 3.84. The Bertz CT molecular complexity index is 535. The highest BCUT2D eigenvalue weighted by Crippen LogP contribution is 2.27. The Hall–Kier alpha value is -0.850. The molecule has 0 spiro atoms. The first-order valence-electron chi connectivity index (χ1n) is 7.13. The van der Waals surface area contributed by atoms with Gasteiger partial charge in [-0.05, 0) is 33.7 Å². The second-order valence-corrected chi connectivity index (χ2v) is 6.72. The van der Waals surface area contributed by atoms with Crippen LogP contribution in [-0.2, 0) is 16.6 Å². The number of nitrogens with one attached hydrogen (secondary N) is 2. The van der Waals surface area contributed by atoms with Gasteiger partial charge < -0.3 is 9.73 Å². The van der Waals surface area contributed by atoms with E-state index in [-0.39, 0.29) is 6.04 Å². The Balaban J connectivity index is 3.14. The molecule has 2 N–H and O–H groups in total. The van der Waals surface area contributed by atoms with Crippen LogP contribution in [0.25, 0.3) is 0 Å². The molecule has 116 valence electrons. The molecule has 0 radical (unpaired) electrons. The molecule has 1 aromatic rings. The minimum absolute atomic E-state index is 0.0259. The molecule has 0 amide bonds. The largest absolute Gasteiger partial charge is 0.465 e. The first kappa shape index (κ1) is 17.2. The smallest absolute Gasteiger partial charge is 0.244 e. The van der Waals surface area contributed by atoms with Crippen LogP contribution in [0.4, 0.5) is 0 Å². The number of sulfonamides is 1. The Morgan fingerprint density at radius 1 is 1.20 bits per heavy atom. The van der Waals surface area contributed by atoms with Gasteiger partial charge in [-0.15, -0.1) is 0 Å². The van der Waals surface area contributed by atoms with E-state index in [0.717, 1.165) is 19.3 Å². The zero-order chi connectivity index (χ0) is 15.3. The standard InChI is InChI=1S/C14H26N2O3S/c1-6-8-12(7-2)16-20(17,18)14-11(4)19-10(3)13(14)9-15-5/h12,15-16H,6-9H2,1-5H3. The van der Waals surface area contributed by atoms with Gasteiger partial charge in [-0.3, -0.25) is 0 Å². The molecule has 0 aliphatic heterocycles. The zero-order valence-electron chi connectivity index (χ0n) is 13.0. The lowest BCUT2D eigenvalue weighted by Crippen LogP contribution is -2.35. The first-order valence-corrected chi connectivity index (χ1v) is 8.61. The van der Waals surface area contributed by atoms with Crippen molar-refractivity contribution in [1.82, 2.24) is 10.0 Å². The van der Waals surface area contributed by atoms with Gasteiger partial charge in [0.25, 0.3) is 0 Å². The van der Waals surface area contributed by atoms with Crippen LogP contribution in [0.3, 0.4) is 0 Å². The summed E-state index contributed by atoms with van der Waals surface area (Å²) < 4.78 is 33.5. The van der Waals surface area contributed by atoms with Crippen molar-refractivity contribution in [1.29, 1.82) is 0 Å². The second-order valence-electron chi connectivity index (χ2n) is 5.07. The fourth-order valence-corrected chi connectivity index (χ4v) is 4.22. The predicted molar refractivity (Wildman–Crippen MR) is 80.3 cm³/mol. The molecule has 0 saturated carbocycles. The van der Waals surface area contributed by atoms with Crippen LogP contribution < -0.4 is 10.0 Å². The molecule has 0 aliphatic carbocycles. The summed E-state index contributed by atoms with van der Waals surface area (Å²) in [4.78, 5) is 0.291. The van der Waals surface area contributed by atoms with Crippen LogP contribution in [0.2, 0.25) is 0 Å². The van der Waals surface area contributed by atoms with Gasteiger partial charge in [-0.1, -0.05) is 20.3 Å². The van der Waals surface area contributed by atoms with Crippen molar-refractivity contribution >= 4 is 10.0 Å². The zero-order valence-corrected chi connectivity index (χ0v) is 13.9. The molecule has 1 heterocycles. The van der Waals surface area contributed by atoms with E-state index in [9.17, 15) is 8.42 Å². The lowest BCUT2D eigenvalue weighted by molar-refractivity contribution is 0.489. The summed E-state index contributed by atoms with van der Waals surface area (Å²) in [7, 11) is -1.75. The average molecular weight is 302 g/mol. The van der Waals surface area contributed by atoms with Crippen molar-refractivity contribution in [3.8, 4) is 0 Å². The highest BCUT2D eigenvalue weighted by molar-refractivity contribution is 7.89. The first-order chi connectivity index (χ1) is 9.37. The van der Waals surface area contributed by atoms with Crippen LogP contribution in [0.1, 0.15) is 50.2 Å². The Morgan fingerprint density at radius 2 is 1.85 bits per heavy atom. The van der Waals surface area contributed by atoms with E-state index in [4.69, 9.17) is 4.42 Å². The van der Waals surface area contributed by atoms with E-state index in [1.54, 1.807) is 20.9 Å². The van der Waals surface area contributed by atoms with Gasteiger partial charge in [0.2, 0.25) is 10.0 Å². The summed E-state index contributed by atoms with van der Waals surface area (Å²) in [5, 5.41) is 2.99. The molecule has 1 rings (SSSR count). The highest BCUT2D eigenvalue weighted by atomic mass is 32.2. The molecule has 6 heteroatoms. The van der Waals surface area contributed by atoms with E-state index in [1.165, 1.54) is 0 Å². The van der Waals surface area contributed by atoms with Gasteiger partial charge >= 0.3 is 0 Å². The second kappa shape index (κ2) is 7.24. The van der Waals surface area contributed by atoms with Crippen LogP contribution in [-0.4, -0.2) is 21.5 Å². The summed E-state index contributed by atoms with van der Waals surface area (Å²) in [5.41, 5.74) is 0.712. The van der Waals surface area contributed by atoms with Gasteiger partial charge in [0.1, 0.15) is 16.4 Å². The van der Waals surface area contributed by atoms with Crippen molar-refractivity contribution in [2.75, 3.05) is 7.05 Å². The van der Waals surface area contributed by atoms with Crippen LogP contribution in [0, 0.1) is 13.8 Å². The van der Waals surface area contributed by atoms with E-state index in [0.29, 0.717) is 28.5 Å². The van der Waals surface area contributed by atoms with Crippen LogP contribution >= 0.6 is 0 Å². The van der Waals surface area contributed by atoms with Crippen molar-refractivity contribution in [2.45, 2.75) is 64.4 Å². The van der Waals surface area contributed by atoms with E-state index in [1.807, 2.05) is 6.92 Å². The summed E-state index contributed by atoms with van der Waals surface area (Å²) in [6, 6.07) is -0.0259. The predicted octanol–water partition coefficient (Wildman–Crippen LogP) is 2.47. The molecule has 0 aliphatic rings. The van der Waals surface area contributed by atoms with E-state index in [2.05, 4.69) is 17.0 Å². The maximum absolute atomic E-state index is 12.6. The number of hydrogen-bond donors (Lipinski definition) is 2. The molecule has 1 unspecified atom stereocenters. The molecule has 0 fully saturated rings. The van der Waals surface area contributed by atoms with E-state index >= 15 is 0 Å². The quantitative estimate of drug-likeness (QED) is 0.774. The van der Waals surface area contributed by atoms with Gasteiger partial charge in [0.05, 0.1) is 0 Å². The lowest BCUT2D eigenvalue weighted by Gasteiger charge is -2.16. The fraction of sp³-hybridized carbons (Fsp3) is 0.714. The molecular formula is C14H26N2O3S. The van der Waals surface area contributed by atoms with Crippen LogP contribution in [0.5, 0.6) is 0 Å². The maximum atomic E-state index is 12.6. The van der Waals surface area contributed by atoms with Crippen molar-refractivity contribution in [3.05, 3.63) is 17.1 Å². The third-order valence-electron chi connectivity index (χ3n) is 3.40. The van der Waals surface area contributed by atoms with Gasteiger partial charge in [0.15, 0.2) is 0 Å². The third-order valence-corrected chi connectivity index (χ3v) is 5.11. The number of hydrogen-bond acceptors (Lipinski definition) is 4. The van der Waals surface area contributed by atoms with Crippen molar-refractivity contribution in [2.24, 2.45) is 0 Å². The van der Waals surface area contributed by atoms with Gasteiger partial charge in [-0.25, -0.2) is 13.1 Å². The summed E-state index contributed by atoms with van der Waals surface area (Å²) in [6.45, 7) is 8.01. The molecule has 1 aromatic heterocycles.